The van der Waals surface area contributed by atoms with Gasteiger partial charge in [-0.3, -0.25) is 14.3 Å². The zero-order valence-corrected chi connectivity index (χ0v) is 19.0. The maximum atomic E-state index is 13.1. The molecule has 4 aromatic rings. The number of nitrogens with one attached hydrogen (secondary N) is 1. The molecule has 0 atom stereocenters. The summed E-state index contributed by atoms with van der Waals surface area (Å²) in [4.78, 5) is 20.9. The molecule has 0 saturated heterocycles. The summed E-state index contributed by atoms with van der Waals surface area (Å²) in [7, 11) is 0. The molecule has 1 aromatic carbocycles. The molecule has 0 unspecified atom stereocenters. The van der Waals surface area contributed by atoms with Gasteiger partial charge in [0.1, 0.15) is 0 Å². The van der Waals surface area contributed by atoms with Crippen LogP contribution in [0.4, 0.5) is 0 Å². The van der Waals surface area contributed by atoms with Crippen LogP contribution in [0.15, 0.2) is 51.5 Å². The van der Waals surface area contributed by atoms with Gasteiger partial charge in [-0.25, -0.2) is 0 Å². The average Bonchev–Trinajstić information content (AvgIpc) is 3.48. The van der Waals surface area contributed by atoms with E-state index < -0.39 is 0 Å². The van der Waals surface area contributed by atoms with E-state index in [1.807, 2.05) is 31.2 Å². The number of ether oxygens (including phenoxy) is 2. The SMILES string of the molecule is Cc1c(Sc2nnc(-c3ccncc3)n2C2CCCCC2)c(=O)[nH]c2cc3c(cc12)OCO3. The lowest BCUT2D eigenvalue weighted by molar-refractivity contribution is 0.174. The summed E-state index contributed by atoms with van der Waals surface area (Å²) in [5.74, 6) is 2.17. The van der Waals surface area contributed by atoms with Gasteiger partial charge < -0.3 is 14.5 Å². The van der Waals surface area contributed by atoms with E-state index in [0.29, 0.717) is 22.4 Å². The number of hydrogen-bond acceptors (Lipinski definition) is 7. The van der Waals surface area contributed by atoms with E-state index >= 15 is 0 Å². The number of aromatic nitrogens is 5. The fourth-order valence-electron chi connectivity index (χ4n) is 4.75. The minimum Gasteiger partial charge on any atom is -0.454 e. The first-order valence-corrected chi connectivity index (χ1v) is 12.0. The lowest BCUT2D eigenvalue weighted by atomic mass is 9.95. The smallest absolute Gasteiger partial charge is 0.262 e. The molecular formula is C24H23N5O3S. The van der Waals surface area contributed by atoms with Crippen molar-refractivity contribution in [2.45, 2.75) is 55.1 Å². The fourth-order valence-corrected chi connectivity index (χ4v) is 5.76. The first-order valence-electron chi connectivity index (χ1n) is 11.2. The van der Waals surface area contributed by atoms with Crippen LogP contribution in [-0.4, -0.2) is 31.5 Å². The van der Waals surface area contributed by atoms with E-state index in [4.69, 9.17) is 9.47 Å². The van der Waals surface area contributed by atoms with Crippen molar-refractivity contribution in [1.82, 2.24) is 24.7 Å². The first kappa shape index (κ1) is 20.3. The summed E-state index contributed by atoms with van der Waals surface area (Å²) in [6.07, 6.45) is 9.33. The molecule has 8 nitrogen and oxygen atoms in total. The highest BCUT2D eigenvalue weighted by Crippen LogP contribution is 2.40. The van der Waals surface area contributed by atoms with Gasteiger partial charge in [0, 0.05) is 35.5 Å². The normalized spacial score (nSPS) is 15.9. The van der Waals surface area contributed by atoms with Crippen molar-refractivity contribution in [3.8, 4) is 22.9 Å². The molecule has 4 heterocycles. The van der Waals surface area contributed by atoms with Crippen molar-refractivity contribution in [3.05, 3.63) is 52.6 Å². The Balaban J connectivity index is 1.46. The largest absolute Gasteiger partial charge is 0.454 e. The van der Waals surface area contributed by atoms with E-state index in [9.17, 15) is 4.79 Å². The van der Waals surface area contributed by atoms with Gasteiger partial charge >= 0.3 is 0 Å². The number of aromatic amines is 1. The number of aryl methyl sites for hydroxylation is 1. The van der Waals surface area contributed by atoms with E-state index in [1.54, 1.807) is 12.4 Å². The molecule has 0 radical (unpaired) electrons. The molecule has 0 spiro atoms. The van der Waals surface area contributed by atoms with Crippen LogP contribution in [0.1, 0.15) is 43.7 Å². The van der Waals surface area contributed by atoms with E-state index in [2.05, 4.69) is 24.7 Å². The summed E-state index contributed by atoms with van der Waals surface area (Å²) in [6.45, 7) is 2.16. The molecule has 9 heteroatoms. The fraction of sp³-hybridized carbons (Fsp3) is 0.333. The third-order valence-corrected chi connectivity index (χ3v) is 7.60. The molecule has 1 aliphatic carbocycles. The Morgan fingerprint density at radius 1 is 1.06 bits per heavy atom. The lowest BCUT2D eigenvalue weighted by Gasteiger charge is -2.25. The number of fused-ring (bicyclic) bond motifs is 2. The molecule has 1 fully saturated rings. The minimum absolute atomic E-state index is 0.146. The summed E-state index contributed by atoms with van der Waals surface area (Å²) >= 11 is 1.38. The van der Waals surface area contributed by atoms with E-state index in [1.165, 1.54) is 31.0 Å². The molecule has 0 bridgehead atoms. The third kappa shape index (κ3) is 3.56. The molecule has 168 valence electrons. The predicted molar refractivity (Wildman–Crippen MR) is 125 cm³/mol. The standard InChI is InChI=1S/C24H23N5O3S/c1-14-17-11-19-20(32-13-31-19)12-18(17)26-23(30)21(14)33-24-28-27-22(15-7-9-25-10-8-15)29(24)16-5-3-2-4-6-16/h7-12,16H,2-6,13H2,1H3,(H,26,30). The Bertz CT molecular complexity index is 1390. The molecule has 1 aliphatic heterocycles. The molecule has 2 aliphatic rings. The Morgan fingerprint density at radius 3 is 2.61 bits per heavy atom. The Kier molecular flexibility index (Phi) is 5.05. The maximum Gasteiger partial charge on any atom is 0.262 e. The van der Waals surface area contributed by atoms with Crippen LogP contribution in [0.5, 0.6) is 11.5 Å². The van der Waals surface area contributed by atoms with Crippen LogP contribution in [0, 0.1) is 6.92 Å². The van der Waals surface area contributed by atoms with Crippen molar-refractivity contribution >= 4 is 22.7 Å². The van der Waals surface area contributed by atoms with E-state index in [0.717, 1.165) is 45.9 Å². The molecule has 6 rings (SSSR count). The van der Waals surface area contributed by atoms with Crippen LogP contribution >= 0.6 is 11.8 Å². The van der Waals surface area contributed by atoms with Crippen LogP contribution < -0.4 is 15.0 Å². The van der Waals surface area contributed by atoms with Gasteiger partial charge in [-0.1, -0.05) is 19.3 Å². The number of rotatable bonds is 4. The van der Waals surface area contributed by atoms with Gasteiger partial charge in [0.15, 0.2) is 22.5 Å². The van der Waals surface area contributed by atoms with Crippen LogP contribution in [0.2, 0.25) is 0 Å². The van der Waals surface area contributed by atoms with Crippen molar-refractivity contribution in [1.29, 1.82) is 0 Å². The predicted octanol–water partition coefficient (Wildman–Crippen LogP) is 4.88. The summed E-state index contributed by atoms with van der Waals surface area (Å²) in [5.41, 5.74) is 2.46. The monoisotopic (exact) mass is 461 g/mol. The summed E-state index contributed by atoms with van der Waals surface area (Å²) in [5, 5.41) is 10.8. The second-order valence-electron chi connectivity index (χ2n) is 8.47. The van der Waals surface area contributed by atoms with Gasteiger partial charge in [0.05, 0.1) is 10.4 Å². The number of H-pyrrole nitrogens is 1. The quantitative estimate of drug-likeness (QED) is 0.463. The lowest BCUT2D eigenvalue weighted by Crippen LogP contribution is -2.16. The third-order valence-electron chi connectivity index (χ3n) is 6.45. The Labute approximate surface area is 194 Å². The molecule has 0 amide bonds. The highest BCUT2D eigenvalue weighted by Gasteiger charge is 2.26. The topological polar surface area (TPSA) is 94.9 Å². The van der Waals surface area contributed by atoms with Gasteiger partial charge in [-0.15, -0.1) is 10.2 Å². The van der Waals surface area contributed by atoms with E-state index in [-0.39, 0.29) is 12.4 Å². The Hall–Kier alpha value is -3.33. The van der Waals surface area contributed by atoms with Crippen LogP contribution in [0.3, 0.4) is 0 Å². The van der Waals surface area contributed by atoms with Crippen molar-refractivity contribution in [2.75, 3.05) is 6.79 Å². The number of pyridine rings is 2. The minimum atomic E-state index is -0.146. The second kappa shape index (κ2) is 8.22. The molecule has 33 heavy (non-hydrogen) atoms. The molecule has 3 aromatic heterocycles. The summed E-state index contributed by atoms with van der Waals surface area (Å²) < 4.78 is 13.2. The maximum absolute atomic E-state index is 13.1. The Morgan fingerprint density at radius 2 is 1.82 bits per heavy atom. The van der Waals surface area contributed by atoms with Gasteiger partial charge in [0.25, 0.3) is 5.56 Å². The molecular weight excluding hydrogens is 438 g/mol. The van der Waals surface area contributed by atoms with Crippen molar-refractivity contribution in [3.63, 3.8) is 0 Å². The number of nitrogens with zero attached hydrogens (tertiary/aromatic N) is 4. The van der Waals surface area contributed by atoms with Gasteiger partial charge in [-0.05, 0) is 55.3 Å². The number of hydrogen-bond donors (Lipinski definition) is 1. The van der Waals surface area contributed by atoms with Crippen molar-refractivity contribution in [2.24, 2.45) is 0 Å². The zero-order valence-electron chi connectivity index (χ0n) is 18.2. The highest BCUT2D eigenvalue weighted by atomic mass is 32.2. The second-order valence-corrected chi connectivity index (χ2v) is 9.44. The van der Waals surface area contributed by atoms with Gasteiger partial charge in [0.2, 0.25) is 6.79 Å². The summed E-state index contributed by atoms with van der Waals surface area (Å²) in [6, 6.07) is 7.98. The highest BCUT2D eigenvalue weighted by molar-refractivity contribution is 7.99. The zero-order chi connectivity index (χ0) is 22.4. The average molecular weight is 462 g/mol. The van der Waals surface area contributed by atoms with Crippen molar-refractivity contribution < 1.29 is 9.47 Å². The molecule has 1 saturated carbocycles. The molecule has 1 N–H and O–H groups in total. The van der Waals surface area contributed by atoms with Gasteiger partial charge in [-0.2, -0.15) is 0 Å². The number of benzene rings is 1. The first-order chi connectivity index (χ1) is 16.2. The van der Waals surface area contributed by atoms with Crippen LogP contribution in [0.25, 0.3) is 22.3 Å². The van der Waals surface area contributed by atoms with Crippen LogP contribution in [-0.2, 0) is 0 Å².